The van der Waals surface area contributed by atoms with Crippen molar-refractivity contribution in [1.29, 1.82) is 0 Å². The Bertz CT molecular complexity index is 717. The van der Waals surface area contributed by atoms with Crippen molar-refractivity contribution in [2.45, 2.75) is 0 Å². The first-order valence-corrected chi connectivity index (χ1v) is 5.64. The molecule has 1 aromatic heterocycles. The van der Waals surface area contributed by atoms with Gasteiger partial charge in [0.15, 0.2) is 0 Å². The summed E-state index contributed by atoms with van der Waals surface area (Å²) in [4.78, 5) is 4.15. The third-order valence-electron chi connectivity index (χ3n) is 2.95. The van der Waals surface area contributed by atoms with Crippen LogP contribution in [0.5, 0.6) is 0 Å². The van der Waals surface area contributed by atoms with Crippen LogP contribution >= 0.6 is 0 Å². The van der Waals surface area contributed by atoms with E-state index in [2.05, 4.69) is 4.98 Å². The maximum absolute atomic E-state index is 13.9. The molecule has 0 amide bonds. The summed E-state index contributed by atoms with van der Waals surface area (Å²) in [7, 11) is 0. The lowest BCUT2D eigenvalue weighted by atomic mass is 10.0. The summed E-state index contributed by atoms with van der Waals surface area (Å²) in [6.45, 7) is 0. The highest BCUT2D eigenvalue weighted by molar-refractivity contribution is 5.96. The highest BCUT2D eigenvalue weighted by Crippen LogP contribution is 2.30. The number of rotatable bonds is 1. The van der Waals surface area contributed by atoms with E-state index in [0.717, 1.165) is 16.3 Å². The summed E-state index contributed by atoms with van der Waals surface area (Å²) in [5.41, 5.74) is 7.51. The van der Waals surface area contributed by atoms with E-state index in [1.807, 2.05) is 24.3 Å². The molecule has 3 rings (SSSR count). The summed E-state index contributed by atoms with van der Waals surface area (Å²) < 4.78 is 13.9. The van der Waals surface area contributed by atoms with Gasteiger partial charge in [-0.3, -0.25) is 4.98 Å². The minimum absolute atomic E-state index is 0.289. The van der Waals surface area contributed by atoms with Crippen molar-refractivity contribution in [1.82, 2.24) is 4.98 Å². The first kappa shape index (κ1) is 10.7. The summed E-state index contributed by atoms with van der Waals surface area (Å²) in [5.74, 6) is -0.289. The second-order valence-corrected chi connectivity index (χ2v) is 4.15. The monoisotopic (exact) mass is 238 g/mol. The minimum atomic E-state index is -0.289. The molecule has 2 nitrogen and oxygen atoms in total. The van der Waals surface area contributed by atoms with Gasteiger partial charge in [0.05, 0.1) is 0 Å². The van der Waals surface area contributed by atoms with Gasteiger partial charge in [-0.05, 0) is 23.6 Å². The van der Waals surface area contributed by atoms with Crippen LogP contribution in [0.1, 0.15) is 0 Å². The summed E-state index contributed by atoms with van der Waals surface area (Å²) >= 11 is 0. The molecule has 3 heteroatoms. The predicted octanol–water partition coefficient (Wildman–Crippen LogP) is 3.62. The Kier molecular flexibility index (Phi) is 2.45. The lowest BCUT2D eigenvalue weighted by molar-refractivity contribution is 0.631. The highest BCUT2D eigenvalue weighted by Gasteiger charge is 2.09. The normalized spacial score (nSPS) is 10.7. The van der Waals surface area contributed by atoms with Crippen LogP contribution in [0.2, 0.25) is 0 Å². The number of nitrogens with zero attached hydrogens (tertiary/aromatic N) is 1. The maximum Gasteiger partial charge on any atom is 0.131 e. The van der Waals surface area contributed by atoms with Crippen molar-refractivity contribution in [3.05, 3.63) is 60.7 Å². The largest absolute Gasteiger partial charge is 0.399 e. The number of fused-ring (bicyclic) bond motifs is 1. The zero-order valence-corrected chi connectivity index (χ0v) is 9.60. The molecule has 2 aromatic carbocycles. The van der Waals surface area contributed by atoms with Crippen molar-refractivity contribution >= 4 is 16.5 Å². The van der Waals surface area contributed by atoms with Crippen LogP contribution in [0.3, 0.4) is 0 Å². The van der Waals surface area contributed by atoms with Crippen LogP contribution in [0.4, 0.5) is 10.1 Å². The molecule has 0 saturated heterocycles. The number of anilines is 1. The molecule has 0 aliphatic carbocycles. The summed E-state index contributed by atoms with van der Waals surface area (Å²) in [5, 5.41) is 1.95. The zero-order chi connectivity index (χ0) is 12.5. The molecule has 0 unspecified atom stereocenters. The van der Waals surface area contributed by atoms with Gasteiger partial charge < -0.3 is 5.73 Å². The Balaban J connectivity index is 2.35. The number of nitrogen functional groups attached to an aromatic ring is 1. The van der Waals surface area contributed by atoms with E-state index in [0.29, 0.717) is 11.3 Å². The van der Waals surface area contributed by atoms with Gasteiger partial charge in [0.25, 0.3) is 0 Å². The third-order valence-corrected chi connectivity index (χ3v) is 2.95. The topological polar surface area (TPSA) is 38.9 Å². The molecule has 0 fully saturated rings. The van der Waals surface area contributed by atoms with Crippen LogP contribution in [-0.2, 0) is 0 Å². The highest BCUT2D eigenvalue weighted by atomic mass is 19.1. The van der Waals surface area contributed by atoms with Crippen molar-refractivity contribution < 1.29 is 4.39 Å². The van der Waals surface area contributed by atoms with Gasteiger partial charge in [-0.15, -0.1) is 0 Å². The summed E-state index contributed by atoms with van der Waals surface area (Å²) in [6, 6.07) is 12.3. The lowest BCUT2D eigenvalue weighted by Gasteiger charge is -2.08. The van der Waals surface area contributed by atoms with Gasteiger partial charge in [0.1, 0.15) is 5.82 Å². The Hall–Kier alpha value is -2.42. The maximum atomic E-state index is 13.9. The number of pyridine rings is 1. The fourth-order valence-electron chi connectivity index (χ4n) is 2.08. The average Bonchev–Trinajstić information content (AvgIpc) is 2.41. The van der Waals surface area contributed by atoms with E-state index in [1.54, 1.807) is 24.5 Å². The third kappa shape index (κ3) is 1.70. The number of hydrogen-bond donors (Lipinski definition) is 1. The first-order valence-electron chi connectivity index (χ1n) is 5.64. The molecule has 0 aliphatic rings. The molecule has 0 aliphatic heterocycles. The fraction of sp³-hybridized carbons (Fsp3) is 0. The smallest absolute Gasteiger partial charge is 0.131 e. The fourth-order valence-corrected chi connectivity index (χ4v) is 2.08. The van der Waals surface area contributed by atoms with Crippen molar-refractivity contribution in [3.63, 3.8) is 0 Å². The minimum Gasteiger partial charge on any atom is -0.399 e. The van der Waals surface area contributed by atoms with Crippen LogP contribution < -0.4 is 5.73 Å². The van der Waals surface area contributed by atoms with E-state index < -0.39 is 0 Å². The second kappa shape index (κ2) is 4.11. The van der Waals surface area contributed by atoms with Crippen LogP contribution in [0.25, 0.3) is 21.9 Å². The second-order valence-electron chi connectivity index (χ2n) is 4.15. The van der Waals surface area contributed by atoms with Crippen LogP contribution in [0, 0.1) is 5.82 Å². The molecule has 88 valence electrons. The van der Waals surface area contributed by atoms with Gasteiger partial charge in [-0.25, -0.2) is 4.39 Å². The molecule has 3 aromatic rings. The molecule has 0 spiro atoms. The predicted molar refractivity (Wildman–Crippen MR) is 71.5 cm³/mol. The molecule has 2 N–H and O–H groups in total. The molecular formula is C15H11FN2. The number of hydrogen-bond acceptors (Lipinski definition) is 2. The van der Waals surface area contributed by atoms with Gasteiger partial charge in [0.2, 0.25) is 0 Å². The molecular weight excluding hydrogens is 227 g/mol. The standard InChI is InChI=1S/C15H11FN2/c16-15-6-5-11(17)7-13(15)14-9-18-8-10-3-1-2-4-12(10)14/h1-9H,17H2. The molecule has 1 heterocycles. The first-order chi connectivity index (χ1) is 8.75. The van der Waals surface area contributed by atoms with Crippen molar-refractivity contribution in [3.8, 4) is 11.1 Å². The molecule has 0 bridgehead atoms. The van der Waals surface area contributed by atoms with E-state index in [1.165, 1.54) is 6.07 Å². The van der Waals surface area contributed by atoms with Crippen molar-refractivity contribution in [2.24, 2.45) is 0 Å². The van der Waals surface area contributed by atoms with E-state index in [4.69, 9.17) is 5.73 Å². The zero-order valence-electron chi connectivity index (χ0n) is 9.60. The van der Waals surface area contributed by atoms with E-state index in [9.17, 15) is 4.39 Å². The summed E-state index contributed by atoms with van der Waals surface area (Å²) in [6.07, 6.45) is 3.43. The number of benzene rings is 2. The van der Waals surface area contributed by atoms with Crippen LogP contribution in [0.15, 0.2) is 54.9 Å². The van der Waals surface area contributed by atoms with Gasteiger partial charge >= 0.3 is 0 Å². The Morgan fingerprint density at radius 1 is 0.944 bits per heavy atom. The molecule has 0 atom stereocenters. The number of halogens is 1. The number of aromatic nitrogens is 1. The van der Waals surface area contributed by atoms with Gasteiger partial charge in [-0.1, -0.05) is 24.3 Å². The Morgan fingerprint density at radius 2 is 1.78 bits per heavy atom. The number of nitrogens with two attached hydrogens (primary N) is 1. The Morgan fingerprint density at radius 3 is 2.67 bits per heavy atom. The Labute approximate surface area is 104 Å². The quantitative estimate of drug-likeness (QED) is 0.657. The van der Waals surface area contributed by atoms with Gasteiger partial charge in [-0.2, -0.15) is 0 Å². The molecule has 0 radical (unpaired) electrons. The lowest BCUT2D eigenvalue weighted by Crippen LogP contribution is -1.91. The SMILES string of the molecule is Nc1ccc(F)c(-c2cncc3ccccc23)c1. The average molecular weight is 238 g/mol. The van der Waals surface area contributed by atoms with E-state index in [-0.39, 0.29) is 5.82 Å². The molecule has 18 heavy (non-hydrogen) atoms. The van der Waals surface area contributed by atoms with Gasteiger partial charge in [0, 0.05) is 34.6 Å². The van der Waals surface area contributed by atoms with Crippen LogP contribution in [-0.4, -0.2) is 4.98 Å². The molecule has 0 saturated carbocycles. The van der Waals surface area contributed by atoms with Crippen molar-refractivity contribution in [2.75, 3.05) is 5.73 Å². The van der Waals surface area contributed by atoms with E-state index >= 15 is 0 Å².